The Morgan fingerprint density at radius 1 is 1.04 bits per heavy atom. The zero-order chi connectivity index (χ0) is 16.1. The number of halogens is 1. The average Bonchev–Trinajstić information content (AvgIpc) is 3.31. The van der Waals surface area contributed by atoms with Crippen LogP contribution in [0.4, 0.5) is 0 Å². The zero-order valence-corrected chi connectivity index (χ0v) is 14.4. The van der Waals surface area contributed by atoms with Crippen LogP contribution in [-0.2, 0) is 14.4 Å². The van der Waals surface area contributed by atoms with Crippen molar-refractivity contribution < 1.29 is 19.5 Å². The van der Waals surface area contributed by atoms with Crippen LogP contribution in [0.2, 0.25) is 0 Å². The lowest BCUT2D eigenvalue weighted by Crippen LogP contribution is -2.53. The molecule has 2 fully saturated rings. The third-order valence-corrected chi connectivity index (χ3v) is 4.13. The lowest BCUT2D eigenvalue weighted by Gasteiger charge is -2.35. The second-order valence-corrected chi connectivity index (χ2v) is 6.08. The van der Waals surface area contributed by atoms with Gasteiger partial charge in [0.2, 0.25) is 11.8 Å². The highest BCUT2D eigenvalue weighted by atomic mass is 35.5. The molecule has 23 heavy (non-hydrogen) atoms. The van der Waals surface area contributed by atoms with E-state index < -0.39 is 5.97 Å². The van der Waals surface area contributed by atoms with E-state index in [4.69, 9.17) is 5.11 Å². The maximum atomic E-state index is 12.3. The summed E-state index contributed by atoms with van der Waals surface area (Å²) in [6, 6.07) is 0. The van der Waals surface area contributed by atoms with E-state index in [1.807, 2.05) is 11.8 Å². The van der Waals surface area contributed by atoms with Crippen LogP contribution in [0, 0.1) is 5.92 Å². The average molecular weight is 348 g/mol. The number of carboxylic acid groups (broad SMARTS) is 1. The summed E-state index contributed by atoms with van der Waals surface area (Å²) in [4.78, 5) is 40.3. The zero-order valence-electron chi connectivity index (χ0n) is 13.6. The standard InChI is InChI=1S/C15H25N3O4.ClH/c1-2-5-16(11-14(20)21)10-13(19)17-6-8-18(9-7-17)15(22)12-3-4-12;/h12H,2-11H2,1H3,(H,20,21);1H. The normalized spacial score (nSPS) is 17.8. The van der Waals surface area contributed by atoms with E-state index in [9.17, 15) is 14.4 Å². The quantitative estimate of drug-likeness (QED) is 0.715. The molecule has 0 radical (unpaired) electrons. The van der Waals surface area contributed by atoms with Gasteiger partial charge < -0.3 is 14.9 Å². The van der Waals surface area contributed by atoms with Gasteiger partial charge in [0.15, 0.2) is 0 Å². The van der Waals surface area contributed by atoms with Crippen molar-refractivity contribution in [1.82, 2.24) is 14.7 Å². The molecular formula is C15H26ClN3O4. The fraction of sp³-hybridized carbons (Fsp3) is 0.800. The van der Waals surface area contributed by atoms with Crippen LogP contribution >= 0.6 is 12.4 Å². The fourth-order valence-corrected chi connectivity index (χ4v) is 2.78. The number of carboxylic acids is 1. The first-order valence-corrected chi connectivity index (χ1v) is 8.02. The van der Waals surface area contributed by atoms with E-state index in [-0.39, 0.29) is 43.2 Å². The summed E-state index contributed by atoms with van der Waals surface area (Å²) in [7, 11) is 0. The van der Waals surface area contributed by atoms with Crippen LogP contribution in [0.25, 0.3) is 0 Å². The molecule has 0 aromatic rings. The number of nitrogens with zero attached hydrogens (tertiary/aromatic N) is 3. The molecule has 0 atom stereocenters. The Balaban J connectivity index is 0.00000264. The summed E-state index contributed by atoms with van der Waals surface area (Å²) in [5, 5.41) is 8.88. The van der Waals surface area contributed by atoms with Crippen LogP contribution in [0.1, 0.15) is 26.2 Å². The summed E-state index contributed by atoms with van der Waals surface area (Å²) >= 11 is 0. The van der Waals surface area contributed by atoms with Crippen molar-refractivity contribution in [3.8, 4) is 0 Å². The molecule has 1 heterocycles. The minimum atomic E-state index is -0.916. The first-order chi connectivity index (χ1) is 10.5. The van der Waals surface area contributed by atoms with Gasteiger partial charge in [-0.15, -0.1) is 12.4 Å². The third kappa shape index (κ3) is 5.99. The molecule has 8 heteroatoms. The van der Waals surface area contributed by atoms with E-state index in [1.165, 1.54) is 0 Å². The van der Waals surface area contributed by atoms with Crippen LogP contribution in [0.5, 0.6) is 0 Å². The van der Waals surface area contributed by atoms with E-state index in [0.717, 1.165) is 19.3 Å². The Morgan fingerprint density at radius 2 is 1.61 bits per heavy atom. The monoisotopic (exact) mass is 347 g/mol. The number of carbonyl (C=O) groups excluding carboxylic acids is 2. The predicted octanol–water partition coefficient (Wildman–Crippen LogP) is 0.286. The van der Waals surface area contributed by atoms with Gasteiger partial charge in [-0.2, -0.15) is 0 Å². The smallest absolute Gasteiger partial charge is 0.317 e. The summed E-state index contributed by atoms with van der Waals surface area (Å²) < 4.78 is 0. The molecule has 1 N–H and O–H groups in total. The molecule has 2 amide bonds. The van der Waals surface area contributed by atoms with E-state index in [1.54, 1.807) is 9.80 Å². The minimum Gasteiger partial charge on any atom is -0.480 e. The number of carbonyl (C=O) groups is 3. The fourth-order valence-electron chi connectivity index (χ4n) is 2.78. The van der Waals surface area contributed by atoms with Gasteiger partial charge >= 0.3 is 5.97 Å². The molecule has 1 saturated heterocycles. The van der Waals surface area contributed by atoms with Crippen LogP contribution in [0.3, 0.4) is 0 Å². The predicted molar refractivity (Wildman–Crippen MR) is 87.5 cm³/mol. The molecule has 0 bridgehead atoms. The van der Waals surface area contributed by atoms with Gasteiger partial charge in [0, 0.05) is 32.1 Å². The third-order valence-electron chi connectivity index (χ3n) is 4.13. The van der Waals surface area contributed by atoms with Gasteiger partial charge in [-0.05, 0) is 25.8 Å². The van der Waals surface area contributed by atoms with Gasteiger partial charge in [-0.25, -0.2) is 0 Å². The maximum absolute atomic E-state index is 12.3. The van der Waals surface area contributed by atoms with Crippen molar-refractivity contribution in [2.45, 2.75) is 26.2 Å². The highest BCUT2D eigenvalue weighted by Crippen LogP contribution is 2.31. The SMILES string of the molecule is CCCN(CC(=O)O)CC(=O)N1CCN(C(=O)C2CC2)CC1.Cl. The van der Waals surface area contributed by atoms with Gasteiger partial charge in [0.05, 0.1) is 13.1 Å². The van der Waals surface area contributed by atoms with E-state index in [2.05, 4.69) is 0 Å². The Kier molecular flexibility index (Phi) is 7.78. The van der Waals surface area contributed by atoms with E-state index in [0.29, 0.717) is 32.7 Å². The molecule has 7 nitrogen and oxygen atoms in total. The lowest BCUT2D eigenvalue weighted by atomic mass is 10.2. The second-order valence-electron chi connectivity index (χ2n) is 6.08. The van der Waals surface area contributed by atoms with Gasteiger partial charge in [-0.1, -0.05) is 6.92 Å². The van der Waals surface area contributed by atoms with Crippen molar-refractivity contribution >= 4 is 30.2 Å². The summed E-state index contributed by atoms with van der Waals surface area (Å²) in [6.45, 7) is 4.85. The Hall–Kier alpha value is -1.34. The van der Waals surface area contributed by atoms with E-state index >= 15 is 0 Å². The number of hydrogen-bond acceptors (Lipinski definition) is 4. The van der Waals surface area contributed by atoms with Crippen LogP contribution < -0.4 is 0 Å². The Bertz CT molecular complexity index is 434. The van der Waals surface area contributed by atoms with Crippen molar-refractivity contribution in [2.75, 3.05) is 45.8 Å². The summed E-state index contributed by atoms with van der Waals surface area (Å²) in [5.41, 5.74) is 0. The lowest BCUT2D eigenvalue weighted by molar-refractivity contribution is -0.143. The molecule has 1 saturated carbocycles. The molecule has 2 rings (SSSR count). The summed E-state index contributed by atoms with van der Waals surface area (Å²) in [6.07, 6.45) is 2.81. The Labute approximate surface area is 143 Å². The number of amides is 2. The van der Waals surface area contributed by atoms with Gasteiger partial charge in [-0.3, -0.25) is 19.3 Å². The van der Waals surface area contributed by atoms with Gasteiger partial charge in [0.25, 0.3) is 0 Å². The number of hydrogen-bond donors (Lipinski definition) is 1. The largest absolute Gasteiger partial charge is 0.480 e. The Morgan fingerprint density at radius 3 is 2.09 bits per heavy atom. The molecule has 0 aromatic carbocycles. The molecule has 0 aromatic heterocycles. The maximum Gasteiger partial charge on any atom is 0.317 e. The highest BCUT2D eigenvalue weighted by Gasteiger charge is 2.35. The van der Waals surface area contributed by atoms with Crippen molar-refractivity contribution in [3.63, 3.8) is 0 Å². The first-order valence-electron chi connectivity index (χ1n) is 8.02. The molecule has 0 spiro atoms. The highest BCUT2D eigenvalue weighted by molar-refractivity contribution is 5.85. The summed E-state index contributed by atoms with van der Waals surface area (Å²) in [5.74, 6) is -0.516. The number of piperazine rings is 1. The molecule has 1 aliphatic heterocycles. The topological polar surface area (TPSA) is 81.2 Å². The molecular weight excluding hydrogens is 322 g/mol. The van der Waals surface area contributed by atoms with Gasteiger partial charge in [0.1, 0.15) is 0 Å². The van der Waals surface area contributed by atoms with Crippen molar-refractivity contribution in [1.29, 1.82) is 0 Å². The second kappa shape index (κ2) is 9.08. The molecule has 2 aliphatic rings. The molecule has 1 aliphatic carbocycles. The van der Waals surface area contributed by atoms with Crippen LogP contribution in [-0.4, -0.2) is 83.4 Å². The first kappa shape index (κ1) is 19.7. The molecule has 0 unspecified atom stereocenters. The van der Waals surface area contributed by atoms with Crippen LogP contribution in [0.15, 0.2) is 0 Å². The minimum absolute atomic E-state index is 0. The molecule has 132 valence electrons. The van der Waals surface area contributed by atoms with Crippen molar-refractivity contribution in [2.24, 2.45) is 5.92 Å². The number of rotatable bonds is 7. The van der Waals surface area contributed by atoms with Crippen molar-refractivity contribution in [3.05, 3.63) is 0 Å². The number of aliphatic carboxylic acids is 1.